The van der Waals surface area contributed by atoms with E-state index in [2.05, 4.69) is 0 Å². The van der Waals surface area contributed by atoms with Gasteiger partial charge in [0.1, 0.15) is 11.2 Å². The van der Waals surface area contributed by atoms with Crippen LogP contribution in [-0.2, 0) is 16.0 Å². The molecule has 0 fully saturated rings. The van der Waals surface area contributed by atoms with E-state index in [-0.39, 0.29) is 43.4 Å². The number of ether oxygens (including phenoxy) is 2. The molecule has 5 nitrogen and oxygen atoms in total. The van der Waals surface area contributed by atoms with E-state index >= 15 is 0 Å². The fourth-order valence-corrected chi connectivity index (χ4v) is 3.89. The van der Waals surface area contributed by atoms with Gasteiger partial charge in [-0.05, 0) is 66.8 Å². The van der Waals surface area contributed by atoms with Crippen molar-refractivity contribution in [3.63, 3.8) is 0 Å². The molecule has 6 heteroatoms. The molecule has 0 aliphatic heterocycles. The first kappa shape index (κ1) is 22.0. The Morgan fingerprint density at radius 3 is 2.47 bits per heavy atom. The number of ketones is 2. The molecule has 0 saturated carbocycles. The number of halogens is 1. The SMILES string of the molecule is COc1ccc(C(=O)CCC2(C(=O)OCC(C)C)Cc3cc(Cl)ccc3C2=O)cc1. The molecule has 1 atom stereocenters. The highest BCUT2D eigenvalue weighted by molar-refractivity contribution is 6.31. The Hall–Kier alpha value is -2.66. The fraction of sp³-hybridized carbons (Fsp3) is 0.375. The van der Waals surface area contributed by atoms with E-state index in [4.69, 9.17) is 21.1 Å². The van der Waals surface area contributed by atoms with Crippen LogP contribution < -0.4 is 4.74 Å². The van der Waals surface area contributed by atoms with Crippen LogP contribution in [0.1, 0.15) is 53.0 Å². The third-order valence-electron chi connectivity index (χ3n) is 5.37. The molecule has 1 unspecified atom stereocenters. The average molecular weight is 429 g/mol. The Labute approximate surface area is 181 Å². The number of hydrogen-bond acceptors (Lipinski definition) is 5. The van der Waals surface area contributed by atoms with Crippen LogP contribution in [0, 0.1) is 11.3 Å². The summed E-state index contributed by atoms with van der Waals surface area (Å²) < 4.78 is 10.6. The molecule has 0 N–H and O–H groups in total. The second-order valence-corrected chi connectivity index (χ2v) is 8.47. The molecule has 30 heavy (non-hydrogen) atoms. The van der Waals surface area contributed by atoms with Crippen LogP contribution in [0.15, 0.2) is 42.5 Å². The molecule has 2 aromatic carbocycles. The van der Waals surface area contributed by atoms with Gasteiger partial charge in [-0.25, -0.2) is 0 Å². The predicted molar refractivity (Wildman–Crippen MR) is 114 cm³/mol. The van der Waals surface area contributed by atoms with Gasteiger partial charge in [0.05, 0.1) is 13.7 Å². The van der Waals surface area contributed by atoms with Crippen molar-refractivity contribution in [2.75, 3.05) is 13.7 Å². The summed E-state index contributed by atoms with van der Waals surface area (Å²) in [4.78, 5) is 39.1. The van der Waals surface area contributed by atoms with Gasteiger partial charge in [0.2, 0.25) is 0 Å². The Kier molecular flexibility index (Phi) is 6.61. The van der Waals surface area contributed by atoms with Crippen molar-refractivity contribution in [2.45, 2.75) is 33.1 Å². The Balaban J connectivity index is 1.84. The summed E-state index contributed by atoms with van der Waals surface area (Å²) in [5.41, 5.74) is 0.292. The molecule has 1 aliphatic carbocycles. The number of carbonyl (C=O) groups excluding carboxylic acids is 3. The Bertz CT molecular complexity index is 964. The lowest BCUT2D eigenvalue weighted by molar-refractivity contribution is -0.154. The number of methoxy groups -OCH3 is 1. The summed E-state index contributed by atoms with van der Waals surface area (Å²) in [5.74, 6) is -0.226. The zero-order valence-corrected chi connectivity index (χ0v) is 18.1. The predicted octanol–water partition coefficient (Wildman–Crippen LogP) is 4.94. The third kappa shape index (κ3) is 4.41. The number of benzene rings is 2. The maximum Gasteiger partial charge on any atom is 0.320 e. The molecule has 0 bridgehead atoms. The molecule has 0 spiro atoms. The first-order chi connectivity index (χ1) is 14.3. The van der Waals surface area contributed by atoms with Crippen molar-refractivity contribution < 1.29 is 23.9 Å². The number of hydrogen-bond donors (Lipinski definition) is 0. The number of fused-ring (bicyclic) bond motifs is 1. The van der Waals surface area contributed by atoms with Gasteiger partial charge in [-0.15, -0.1) is 0 Å². The van der Waals surface area contributed by atoms with E-state index < -0.39 is 11.4 Å². The molecule has 0 heterocycles. The molecule has 2 aromatic rings. The lowest BCUT2D eigenvalue weighted by Gasteiger charge is -2.25. The first-order valence-corrected chi connectivity index (χ1v) is 10.3. The van der Waals surface area contributed by atoms with Gasteiger partial charge in [-0.2, -0.15) is 0 Å². The first-order valence-electron chi connectivity index (χ1n) is 9.94. The van der Waals surface area contributed by atoms with Gasteiger partial charge < -0.3 is 9.47 Å². The Morgan fingerprint density at radius 1 is 1.13 bits per heavy atom. The minimum absolute atomic E-state index is 0.0522. The highest BCUT2D eigenvalue weighted by Crippen LogP contribution is 2.43. The van der Waals surface area contributed by atoms with E-state index in [1.54, 1.807) is 49.6 Å². The van der Waals surface area contributed by atoms with Crippen molar-refractivity contribution >= 4 is 29.1 Å². The van der Waals surface area contributed by atoms with Crippen molar-refractivity contribution in [2.24, 2.45) is 11.3 Å². The standard InChI is InChI=1S/C24H25ClO5/c1-15(2)14-30-23(28)24(13-17-12-18(25)6-9-20(17)22(24)27)11-10-21(26)16-4-7-19(29-3)8-5-16/h4-9,12,15H,10-11,13-14H2,1-3H3. The molecule has 0 aromatic heterocycles. The average Bonchev–Trinajstić information content (AvgIpc) is 3.02. The monoisotopic (exact) mass is 428 g/mol. The van der Waals surface area contributed by atoms with E-state index in [1.165, 1.54) is 0 Å². The fourth-order valence-electron chi connectivity index (χ4n) is 3.69. The molecule has 0 amide bonds. The molecule has 158 valence electrons. The zero-order chi connectivity index (χ0) is 21.9. The van der Waals surface area contributed by atoms with E-state index in [9.17, 15) is 14.4 Å². The van der Waals surface area contributed by atoms with Gasteiger partial charge >= 0.3 is 5.97 Å². The molecule has 3 rings (SSSR count). The maximum atomic E-state index is 13.3. The van der Waals surface area contributed by atoms with Crippen LogP contribution in [0.3, 0.4) is 0 Å². The van der Waals surface area contributed by atoms with Crippen molar-refractivity contribution in [1.82, 2.24) is 0 Å². The van der Waals surface area contributed by atoms with Crippen molar-refractivity contribution in [3.05, 3.63) is 64.2 Å². The van der Waals surface area contributed by atoms with Gasteiger partial charge in [0.25, 0.3) is 0 Å². The minimum Gasteiger partial charge on any atom is -0.497 e. The summed E-state index contributed by atoms with van der Waals surface area (Å²) >= 11 is 6.09. The topological polar surface area (TPSA) is 69.7 Å². The van der Waals surface area contributed by atoms with E-state index in [0.717, 1.165) is 0 Å². The quantitative estimate of drug-likeness (QED) is 0.338. The molecular weight excluding hydrogens is 404 g/mol. The van der Waals surface area contributed by atoms with Crippen LogP contribution in [0.4, 0.5) is 0 Å². The number of rotatable bonds is 8. The van der Waals surface area contributed by atoms with Gasteiger partial charge in [0, 0.05) is 22.6 Å². The number of esters is 1. The minimum atomic E-state index is -1.40. The summed E-state index contributed by atoms with van der Waals surface area (Å²) in [5, 5.41) is 0.502. The summed E-state index contributed by atoms with van der Waals surface area (Å²) in [6, 6.07) is 11.7. The highest BCUT2D eigenvalue weighted by atomic mass is 35.5. The van der Waals surface area contributed by atoms with Crippen LogP contribution in [0.2, 0.25) is 5.02 Å². The highest BCUT2D eigenvalue weighted by Gasteiger charge is 2.52. The second kappa shape index (κ2) is 9.00. The Morgan fingerprint density at radius 2 is 1.83 bits per heavy atom. The van der Waals surface area contributed by atoms with Crippen LogP contribution >= 0.6 is 11.6 Å². The normalized spacial score (nSPS) is 17.7. The van der Waals surface area contributed by atoms with Gasteiger partial charge in [0.15, 0.2) is 11.6 Å². The van der Waals surface area contributed by atoms with E-state index in [1.807, 2.05) is 13.8 Å². The summed E-state index contributed by atoms with van der Waals surface area (Å²) in [7, 11) is 1.55. The third-order valence-corrected chi connectivity index (χ3v) is 5.60. The van der Waals surface area contributed by atoms with Crippen LogP contribution in [0.25, 0.3) is 0 Å². The van der Waals surface area contributed by atoms with Gasteiger partial charge in [-0.3, -0.25) is 14.4 Å². The zero-order valence-electron chi connectivity index (χ0n) is 17.4. The van der Waals surface area contributed by atoms with Gasteiger partial charge in [-0.1, -0.05) is 25.4 Å². The van der Waals surface area contributed by atoms with E-state index in [0.29, 0.717) is 27.5 Å². The summed E-state index contributed by atoms with van der Waals surface area (Å²) in [6.07, 6.45) is 0.324. The molecule has 0 radical (unpaired) electrons. The molecule has 1 aliphatic rings. The largest absolute Gasteiger partial charge is 0.497 e. The van der Waals surface area contributed by atoms with Crippen molar-refractivity contribution in [3.8, 4) is 5.75 Å². The molecular formula is C24H25ClO5. The van der Waals surface area contributed by atoms with Crippen LogP contribution in [0.5, 0.6) is 5.75 Å². The molecule has 0 saturated heterocycles. The maximum absolute atomic E-state index is 13.3. The lowest BCUT2D eigenvalue weighted by atomic mass is 9.78. The van der Waals surface area contributed by atoms with Crippen LogP contribution in [-0.4, -0.2) is 31.3 Å². The number of Topliss-reactive ketones (excluding diaryl/α,β-unsaturated/α-hetero) is 2. The lowest BCUT2D eigenvalue weighted by Crippen LogP contribution is -2.39. The van der Waals surface area contributed by atoms with Crippen molar-refractivity contribution in [1.29, 1.82) is 0 Å². The number of carbonyl (C=O) groups is 3. The second-order valence-electron chi connectivity index (χ2n) is 8.03. The smallest absolute Gasteiger partial charge is 0.320 e. The summed E-state index contributed by atoms with van der Waals surface area (Å²) in [6.45, 7) is 4.08.